The third kappa shape index (κ3) is 3.45. The van der Waals surface area contributed by atoms with Gasteiger partial charge in [0.2, 0.25) is 0 Å². The molecule has 27 heavy (non-hydrogen) atoms. The smallest absolute Gasteiger partial charge is 0.334 e. The van der Waals surface area contributed by atoms with Gasteiger partial charge in [-0.1, -0.05) is 25.0 Å². The topological polar surface area (TPSA) is 78.9 Å². The third-order valence-electron chi connectivity index (χ3n) is 5.92. The van der Waals surface area contributed by atoms with Gasteiger partial charge < -0.3 is 14.2 Å². The number of rotatable bonds is 2. The molecular formula is C21H24O6. The molecule has 0 radical (unpaired) electrons. The average molecular weight is 372 g/mol. The highest BCUT2D eigenvalue weighted by Crippen LogP contribution is 2.39. The number of esters is 3. The molecule has 4 rings (SSSR count). The van der Waals surface area contributed by atoms with Crippen molar-refractivity contribution in [3.8, 4) is 0 Å². The maximum absolute atomic E-state index is 12.6. The first kappa shape index (κ1) is 18.0. The van der Waals surface area contributed by atoms with Gasteiger partial charge >= 0.3 is 17.9 Å². The van der Waals surface area contributed by atoms with E-state index in [0.29, 0.717) is 12.0 Å². The largest absolute Gasteiger partial charge is 0.458 e. The summed E-state index contributed by atoms with van der Waals surface area (Å²) in [6, 6.07) is 0. The van der Waals surface area contributed by atoms with E-state index >= 15 is 0 Å². The standard InChI is InChI=1S/C21H24O6/c1-11-7-15-9-14(21(24)25-15)10-17-18(12(2)19(22)26-17)16(8-11)27-20(23)13-5-3-4-6-13/h8-9,13,15-18H,2-7,10H2,1H3/b11-8+/t15-,16?,17?,18+/m1/s1. The van der Waals surface area contributed by atoms with Gasteiger partial charge in [0, 0.05) is 24.0 Å². The van der Waals surface area contributed by atoms with E-state index < -0.39 is 24.1 Å². The van der Waals surface area contributed by atoms with E-state index in [1.165, 1.54) is 0 Å². The second-order valence-electron chi connectivity index (χ2n) is 7.93. The fraction of sp³-hybridized carbons (Fsp3) is 0.571. The quantitative estimate of drug-likeness (QED) is 0.321. The Bertz CT molecular complexity index is 755. The summed E-state index contributed by atoms with van der Waals surface area (Å²) in [4.78, 5) is 36.9. The van der Waals surface area contributed by atoms with Gasteiger partial charge in [-0.3, -0.25) is 4.79 Å². The van der Waals surface area contributed by atoms with Gasteiger partial charge in [-0.05, 0) is 31.9 Å². The van der Waals surface area contributed by atoms with Gasteiger partial charge in [-0.15, -0.1) is 0 Å². The first-order valence-corrected chi connectivity index (χ1v) is 9.61. The molecule has 2 unspecified atom stereocenters. The highest BCUT2D eigenvalue weighted by Gasteiger charge is 2.47. The molecule has 4 aliphatic rings. The molecule has 2 aliphatic carbocycles. The van der Waals surface area contributed by atoms with Gasteiger partial charge in [-0.2, -0.15) is 0 Å². The van der Waals surface area contributed by atoms with E-state index in [1.54, 1.807) is 6.08 Å². The van der Waals surface area contributed by atoms with Gasteiger partial charge in [-0.25, -0.2) is 9.59 Å². The minimum absolute atomic E-state index is 0.0809. The molecule has 0 amide bonds. The van der Waals surface area contributed by atoms with Crippen LogP contribution >= 0.6 is 0 Å². The van der Waals surface area contributed by atoms with E-state index in [1.807, 2.05) is 13.0 Å². The van der Waals surface area contributed by atoms with E-state index in [4.69, 9.17) is 14.2 Å². The Hall–Kier alpha value is -2.37. The zero-order valence-electron chi connectivity index (χ0n) is 15.4. The van der Waals surface area contributed by atoms with Crippen molar-refractivity contribution >= 4 is 17.9 Å². The summed E-state index contributed by atoms with van der Waals surface area (Å²) in [6.45, 7) is 5.79. The van der Waals surface area contributed by atoms with Crippen molar-refractivity contribution in [1.82, 2.24) is 0 Å². The Kier molecular flexibility index (Phi) is 4.66. The third-order valence-corrected chi connectivity index (χ3v) is 5.92. The van der Waals surface area contributed by atoms with Crippen molar-refractivity contribution in [2.24, 2.45) is 11.8 Å². The lowest BCUT2D eigenvalue weighted by Crippen LogP contribution is -2.34. The molecular weight excluding hydrogens is 348 g/mol. The normalized spacial score (nSPS) is 35.7. The molecule has 2 fully saturated rings. The Morgan fingerprint density at radius 3 is 2.59 bits per heavy atom. The van der Waals surface area contributed by atoms with Gasteiger partial charge in [0.25, 0.3) is 0 Å². The van der Waals surface area contributed by atoms with Crippen molar-refractivity contribution in [2.45, 2.75) is 63.8 Å². The number of hydrogen-bond acceptors (Lipinski definition) is 6. The summed E-state index contributed by atoms with van der Waals surface area (Å²) in [5.74, 6) is -1.67. The molecule has 144 valence electrons. The first-order valence-electron chi connectivity index (χ1n) is 9.61. The molecule has 1 saturated heterocycles. The van der Waals surface area contributed by atoms with Crippen LogP contribution in [0.5, 0.6) is 0 Å². The van der Waals surface area contributed by atoms with Crippen LogP contribution in [0.1, 0.15) is 45.4 Å². The number of hydrogen-bond donors (Lipinski definition) is 0. The Morgan fingerprint density at radius 1 is 1.11 bits per heavy atom. The second kappa shape index (κ2) is 6.98. The van der Waals surface area contributed by atoms with Crippen LogP contribution in [0.4, 0.5) is 0 Å². The summed E-state index contributed by atoms with van der Waals surface area (Å²) in [5.41, 5.74) is 1.73. The summed E-state index contributed by atoms with van der Waals surface area (Å²) >= 11 is 0. The molecule has 0 aromatic rings. The lowest BCUT2D eigenvalue weighted by Gasteiger charge is -2.27. The van der Waals surface area contributed by atoms with Crippen LogP contribution in [0.2, 0.25) is 0 Å². The minimum atomic E-state index is -0.629. The molecule has 0 N–H and O–H groups in total. The zero-order valence-corrected chi connectivity index (χ0v) is 15.4. The van der Waals surface area contributed by atoms with E-state index in [2.05, 4.69) is 6.58 Å². The fourth-order valence-corrected chi connectivity index (χ4v) is 4.50. The Labute approximate surface area is 158 Å². The predicted octanol–water partition coefficient (Wildman–Crippen LogP) is 2.78. The van der Waals surface area contributed by atoms with Gasteiger partial charge in [0.15, 0.2) is 0 Å². The van der Waals surface area contributed by atoms with Crippen molar-refractivity contribution < 1.29 is 28.6 Å². The maximum atomic E-state index is 12.6. The van der Waals surface area contributed by atoms with Crippen LogP contribution in [-0.2, 0) is 28.6 Å². The molecule has 2 bridgehead atoms. The molecule has 1 saturated carbocycles. The van der Waals surface area contributed by atoms with Gasteiger partial charge in [0.05, 0.1) is 11.8 Å². The highest BCUT2D eigenvalue weighted by atomic mass is 16.6. The van der Waals surface area contributed by atoms with Crippen LogP contribution in [0.25, 0.3) is 0 Å². The molecule has 2 aliphatic heterocycles. The summed E-state index contributed by atoms with van der Waals surface area (Å²) in [6.07, 6.45) is 6.66. The fourth-order valence-electron chi connectivity index (χ4n) is 4.50. The van der Waals surface area contributed by atoms with E-state index in [0.717, 1.165) is 31.3 Å². The van der Waals surface area contributed by atoms with Crippen molar-refractivity contribution in [3.05, 3.63) is 35.5 Å². The molecule has 0 aromatic heterocycles. The Morgan fingerprint density at radius 2 is 1.85 bits per heavy atom. The molecule has 0 spiro atoms. The lowest BCUT2D eigenvalue weighted by atomic mass is 9.85. The zero-order chi connectivity index (χ0) is 19.1. The molecule has 2 heterocycles. The van der Waals surface area contributed by atoms with Gasteiger partial charge in [0.1, 0.15) is 18.3 Å². The number of carbonyl (C=O) groups excluding carboxylic acids is 3. The first-order chi connectivity index (χ1) is 12.9. The average Bonchev–Trinajstić information content (AvgIpc) is 3.30. The van der Waals surface area contributed by atoms with Crippen LogP contribution in [0.15, 0.2) is 35.5 Å². The van der Waals surface area contributed by atoms with Crippen LogP contribution in [0, 0.1) is 11.8 Å². The SMILES string of the molecule is C=C1C(=O)OC2CC3=C[C@@H](C/C(C)=C/C(OC(=O)C4CCCC4)[C@H]12)OC3=O. The number of carbonyl (C=O) groups is 3. The highest BCUT2D eigenvalue weighted by molar-refractivity contribution is 5.93. The number of ether oxygens (including phenoxy) is 3. The van der Waals surface area contributed by atoms with Crippen LogP contribution in [0.3, 0.4) is 0 Å². The minimum Gasteiger partial charge on any atom is -0.458 e. The summed E-state index contributed by atoms with van der Waals surface area (Å²) < 4.78 is 16.7. The van der Waals surface area contributed by atoms with E-state index in [9.17, 15) is 14.4 Å². The van der Waals surface area contributed by atoms with Crippen LogP contribution in [-0.4, -0.2) is 36.2 Å². The van der Waals surface area contributed by atoms with E-state index in [-0.39, 0.29) is 36.0 Å². The monoisotopic (exact) mass is 372 g/mol. The second-order valence-corrected chi connectivity index (χ2v) is 7.93. The molecule has 4 atom stereocenters. The Balaban J connectivity index is 1.65. The number of fused-ring (bicyclic) bond motifs is 2. The molecule has 6 nitrogen and oxygen atoms in total. The molecule has 6 heteroatoms. The lowest BCUT2D eigenvalue weighted by molar-refractivity contribution is -0.154. The van der Waals surface area contributed by atoms with Crippen molar-refractivity contribution in [3.63, 3.8) is 0 Å². The predicted molar refractivity (Wildman–Crippen MR) is 95.3 cm³/mol. The van der Waals surface area contributed by atoms with Crippen molar-refractivity contribution in [1.29, 1.82) is 0 Å². The maximum Gasteiger partial charge on any atom is 0.334 e. The van der Waals surface area contributed by atoms with Crippen LogP contribution < -0.4 is 0 Å². The van der Waals surface area contributed by atoms with Crippen molar-refractivity contribution in [2.75, 3.05) is 0 Å². The molecule has 0 aromatic carbocycles. The summed E-state index contributed by atoms with van der Waals surface area (Å²) in [5, 5.41) is 0. The summed E-state index contributed by atoms with van der Waals surface area (Å²) in [7, 11) is 0.